The predicted molar refractivity (Wildman–Crippen MR) is 103 cm³/mol. The van der Waals surface area contributed by atoms with Crippen LogP contribution in [0.4, 0.5) is 0 Å². The number of rotatable bonds is 2. The molecule has 26 heavy (non-hydrogen) atoms. The van der Waals surface area contributed by atoms with Gasteiger partial charge in [0.05, 0.1) is 22.1 Å². The molecule has 3 aromatic heterocycles. The van der Waals surface area contributed by atoms with E-state index in [1.807, 2.05) is 31.3 Å². The molecule has 0 spiro atoms. The lowest BCUT2D eigenvalue weighted by molar-refractivity contribution is 0.585. The molecule has 128 valence electrons. The molecule has 0 fully saturated rings. The van der Waals surface area contributed by atoms with Gasteiger partial charge in [-0.15, -0.1) is 0 Å². The Bertz CT molecular complexity index is 1270. The van der Waals surface area contributed by atoms with Gasteiger partial charge in [-0.05, 0) is 61.4 Å². The first-order valence-electron chi connectivity index (χ1n) is 8.58. The second-order valence-electron chi connectivity index (χ2n) is 6.76. The van der Waals surface area contributed by atoms with Crippen LogP contribution >= 0.6 is 0 Å². The van der Waals surface area contributed by atoms with Crippen LogP contribution in [0.3, 0.4) is 0 Å². The zero-order valence-corrected chi connectivity index (χ0v) is 14.9. The van der Waals surface area contributed by atoms with Crippen molar-refractivity contribution in [1.29, 1.82) is 0 Å². The molecule has 0 unspecified atom stereocenters. The molecule has 0 aliphatic rings. The Morgan fingerprint density at radius 3 is 2.42 bits per heavy atom. The van der Waals surface area contributed by atoms with Crippen LogP contribution in [0.15, 0.2) is 52.9 Å². The maximum absolute atomic E-state index is 6.08. The van der Waals surface area contributed by atoms with E-state index in [0.29, 0.717) is 5.76 Å². The van der Waals surface area contributed by atoms with E-state index in [2.05, 4.69) is 52.6 Å². The highest BCUT2D eigenvalue weighted by Crippen LogP contribution is 2.30. The summed E-state index contributed by atoms with van der Waals surface area (Å²) < 4.78 is 8.14. The van der Waals surface area contributed by atoms with E-state index in [1.165, 1.54) is 11.1 Å². The molecule has 0 amide bonds. The number of aryl methyl sites for hydroxylation is 3. The van der Waals surface area contributed by atoms with Crippen molar-refractivity contribution in [1.82, 2.24) is 19.5 Å². The monoisotopic (exact) mass is 342 g/mol. The Morgan fingerprint density at radius 1 is 0.846 bits per heavy atom. The molecule has 0 aliphatic heterocycles. The number of benzene rings is 2. The Hall–Kier alpha value is -3.34. The van der Waals surface area contributed by atoms with Crippen molar-refractivity contribution in [3.05, 3.63) is 59.7 Å². The number of nitrogens with zero attached hydrogens (tertiary/aromatic N) is 3. The van der Waals surface area contributed by atoms with Gasteiger partial charge in [-0.2, -0.15) is 0 Å². The molecule has 0 bridgehead atoms. The summed E-state index contributed by atoms with van der Waals surface area (Å²) in [7, 11) is 2.01. The van der Waals surface area contributed by atoms with E-state index >= 15 is 0 Å². The van der Waals surface area contributed by atoms with Crippen molar-refractivity contribution < 1.29 is 4.42 Å². The lowest BCUT2D eigenvalue weighted by Crippen LogP contribution is -1.91. The summed E-state index contributed by atoms with van der Waals surface area (Å²) in [5.41, 5.74) is 6.41. The number of imidazole rings is 2. The Kier molecular flexibility index (Phi) is 3.06. The average molecular weight is 342 g/mol. The van der Waals surface area contributed by atoms with Gasteiger partial charge in [-0.3, -0.25) is 0 Å². The first kappa shape index (κ1) is 15.0. The highest BCUT2D eigenvalue weighted by Gasteiger charge is 2.16. The summed E-state index contributed by atoms with van der Waals surface area (Å²) in [5.74, 6) is 2.97. The van der Waals surface area contributed by atoms with Crippen molar-refractivity contribution in [3.63, 3.8) is 0 Å². The molecule has 0 atom stereocenters. The van der Waals surface area contributed by atoms with Crippen LogP contribution in [0, 0.1) is 13.8 Å². The number of fused-ring (bicyclic) bond motifs is 2. The number of furan rings is 1. The highest BCUT2D eigenvalue weighted by molar-refractivity contribution is 5.81. The summed E-state index contributed by atoms with van der Waals surface area (Å²) in [6, 6.07) is 16.3. The average Bonchev–Trinajstić information content (AvgIpc) is 3.32. The molecule has 5 nitrogen and oxygen atoms in total. The number of hydrogen-bond donors (Lipinski definition) is 1. The predicted octanol–water partition coefficient (Wildman–Crippen LogP) is 4.99. The van der Waals surface area contributed by atoms with Gasteiger partial charge < -0.3 is 14.0 Å². The standard InChI is InChI=1S/C21H18N4O/c1-12-4-6-14-16(10-12)23-20(22-14)18-8-9-19(26-18)21-24-15-7-5-13(2)11-17(15)25(21)3/h4-11H,1-3H3,(H,22,23). The van der Waals surface area contributed by atoms with Gasteiger partial charge in [-0.1, -0.05) is 12.1 Å². The molecule has 0 aliphatic carbocycles. The van der Waals surface area contributed by atoms with Crippen molar-refractivity contribution in [2.75, 3.05) is 0 Å². The van der Waals surface area contributed by atoms with Gasteiger partial charge in [0.1, 0.15) is 0 Å². The van der Waals surface area contributed by atoms with Gasteiger partial charge in [0.15, 0.2) is 23.2 Å². The van der Waals surface area contributed by atoms with Gasteiger partial charge in [-0.25, -0.2) is 9.97 Å². The van der Waals surface area contributed by atoms with Crippen LogP contribution in [-0.4, -0.2) is 19.5 Å². The third-order valence-corrected chi connectivity index (χ3v) is 4.73. The lowest BCUT2D eigenvalue weighted by atomic mass is 10.2. The normalized spacial score (nSPS) is 11.7. The van der Waals surface area contributed by atoms with E-state index in [1.54, 1.807) is 0 Å². The zero-order valence-electron chi connectivity index (χ0n) is 14.9. The van der Waals surface area contributed by atoms with Crippen molar-refractivity contribution in [2.24, 2.45) is 7.05 Å². The van der Waals surface area contributed by atoms with Crippen molar-refractivity contribution >= 4 is 22.1 Å². The fourth-order valence-corrected chi connectivity index (χ4v) is 3.35. The Labute approximate surface area is 150 Å². The molecular formula is C21H18N4O. The lowest BCUT2D eigenvalue weighted by Gasteiger charge is -1.99. The minimum atomic E-state index is 0.706. The maximum Gasteiger partial charge on any atom is 0.177 e. The first-order valence-corrected chi connectivity index (χ1v) is 8.58. The molecule has 5 heteroatoms. The maximum atomic E-state index is 6.08. The van der Waals surface area contributed by atoms with E-state index in [9.17, 15) is 0 Å². The van der Waals surface area contributed by atoms with Crippen LogP contribution in [0.25, 0.3) is 45.2 Å². The summed E-state index contributed by atoms with van der Waals surface area (Å²) in [5, 5.41) is 0. The fraction of sp³-hybridized carbons (Fsp3) is 0.143. The summed E-state index contributed by atoms with van der Waals surface area (Å²) in [4.78, 5) is 12.7. The molecule has 3 heterocycles. The molecule has 0 saturated heterocycles. The molecule has 1 N–H and O–H groups in total. The molecular weight excluding hydrogens is 324 g/mol. The van der Waals surface area contributed by atoms with Crippen LogP contribution in [-0.2, 0) is 7.05 Å². The number of hydrogen-bond acceptors (Lipinski definition) is 3. The van der Waals surface area contributed by atoms with Crippen LogP contribution in [0.2, 0.25) is 0 Å². The van der Waals surface area contributed by atoms with E-state index in [-0.39, 0.29) is 0 Å². The third-order valence-electron chi connectivity index (χ3n) is 4.73. The Balaban J connectivity index is 1.60. The smallest absolute Gasteiger partial charge is 0.177 e. The number of nitrogens with one attached hydrogen (secondary N) is 1. The van der Waals surface area contributed by atoms with E-state index in [4.69, 9.17) is 9.40 Å². The highest BCUT2D eigenvalue weighted by atomic mass is 16.3. The van der Waals surface area contributed by atoms with Gasteiger partial charge in [0, 0.05) is 7.05 Å². The van der Waals surface area contributed by atoms with Gasteiger partial charge in [0.25, 0.3) is 0 Å². The van der Waals surface area contributed by atoms with Crippen LogP contribution in [0.5, 0.6) is 0 Å². The SMILES string of the molecule is Cc1ccc2nc(-c3ccc(-c4nc5ccc(C)cc5n4C)o3)[nH]c2c1. The van der Waals surface area contributed by atoms with Gasteiger partial charge >= 0.3 is 0 Å². The van der Waals surface area contributed by atoms with E-state index < -0.39 is 0 Å². The second-order valence-corrected chi connectivity index (χ2v) is 6.76. The summed E-state index contributed by atoms with van der Waals surface area (Å²) in [6.07, 6.45) is 0. The number of H-pyrrole nitrogens is 1. The minimum Gasteiger partial charge on any atom is -0.450 e. The van der Waals surface area contributed by atoms with Crippen molar-refractivity contribution in [3.8, 4) is 23.2 Å². The van der Waals surface area contributed by atoms with E-state index in [0.717, 1.165) is 39.5 Å². The molecule has 5 rings (SSSR count). The van der Waals surface area contributed by atoms with Crippen LogP contribution in [0.1, 0.15) is 11.1 Å². The second kappa shape index (κ2) is 5.33. The molecule has 5 aromatic rings. The minimum absolute atomic E-state index is 0.706. The quantitative estimate of drug-likeness (QED) is 0.491. The fourth-order valence-electron chi connectivity index (χ4n) is 3.35. The number of aromatic nitrogens is 4. The van der Waals surface area contributed by atoms with Crippen LogP contribution < -0.4 is 0 Å². The van der Waals surface area contributed by atoms with Crippen molar-refractivity contribution in [2.45, 2.75) is 13.8 Å². The summed E-state index contributed by atoms with van der Waals surface area (Å²) >= 11 is 0. The molecule has 0 saturated carbocycles. The van der Waals surface area contributed by atoms with Gasteiger partial charge in [0.2, 0.25) is 0 Å². The Morgan fingerprint density at radius 2 is 1.58 bits per heavy atom. The molecule has 0 radical (unpaired) electrons. The number of aromatic amines is 1. The zero-order chi connectivity index (χ0) is 17.8. The first-order chi connectivity index (χ1) is 12.6. The largest absolute Gasteiger partial charge is 0.450 e. The molecule has 2 aromatic carbocycles. The topological polar surface area (TPSA) is 59.6 Å². The summed E-state index contributed by atoms with van der Waals surface area (Å²) in [6.45, 7) is 4.15. The third kappa shape index (κ3) is 2.24.